The van der Waals surface area contributed by atoms with Crippen molar-refractivity contribution >= 4 is 23.5 Å². The van der Waals surface area contributed by atoms with Gasteiger partial charge in [0.05, 0.1) is 16.9 Å². The number of carbonyl (C=O) groups is 2. The van der Waals surface area contributed by atoms with Crippen LogP contribution in [0.2, 0.25) is 0 Å². The molecule has 0 aromatic heterocycles. The number of hydrogen-bond donors (Lipinski definition) is 1. The highest BCUT2D eigenvalue weighted by molar-refractivity contribution is 6.05. The lowest BCUT2D eigenvalue weighted by Gasteiger charge is -2.00. The van der Waals surface area contributed by atoms with Crippen molar-refractivity contribution in [2.24, 2.45) is 0 Å². The van der Waals surface area contributed by atoms with Crippen LogP contribution in [-0.2, 0) is 9.59 Å². The van der Waals surface area contributed by atoms with Gasteiger partial charge in [0, 0.05) is 12.1 Å². The maximum atomic E-state index is 11.6. The summed E-state index contributed by atoms with van der Waals surface area (Å²) in [5.74, 6) is -0.675. The number of rotatable bonds is 6. The molecule has 6 heteroatoms. The molecule has 1 aliphatic carbocycles. The van der Waals surface area contributed by atoms with Crippen LogP contribution in [-0.4, -0.2) is 22.7 Å². The zero-order chi connectivity index (χ0) is 14.5. The number of nitrogens with one attached hydrogen (secondary N) is 1. The first-order chi connectivity index (χ1) is 9.56. The van der Waals surface area contributed by atoms with Gasteiger partial charge >= 0.3 is 0 Å². The molecule has 1 aliphatic rings. The number of nitrogens with zero attached hydrogens (tertiary/aromatic N) is 1. The van der Waals surface area contributed by atoms with Crippen LogP contribution in [0.5, 0.6) is 0 Å². The fourth-order valence-corrected chi connectivity index (χ4v) is 1.70. The Labute approximate surface area is 115 Å². The molecule has 0 heterocycles. The lowest BCUT2D eigenvalue weighted by molar-refractivity contribution is -0.385. The minimum atomic E-state index is -0.510. The SMILES string of the molecule is O=C(C=Cc1ccccc1[N+](=O)[O-])CC(=O)NC1CC1. The van der Waals surface area contributed by atoms with E-state index >= 15 is 0 Å². The maximum absolute atomic E-state index is 11.6. The highest BCUT2D eigenvalue weighted by Gasteiger charge is 2.23. The van der Waals surface area contributed by atoms with Crippen molar-refractivity contribution < 1.29 is 14.5 Å². The van der Waals surface area contributed by atoms with E-state index in [-0.39, 0.29) is 29.8 Å². The van der Waals surface area contributed by atoms with E-state index in [0.29, 0.717) is 5.56 Å². The van der Waals surface area contributed by atoms with Gasteiger partial charge < -0.3 is 5.32 Å². The van der Waals surface area contributed by atoms with Gasteiger partial charge in [0.15, 0.2) is 5.78 Å². The molecule has 0 atom stereocenters. The van der Waals surface area contributed by atoms with Gasteiger partial charge in [-0.1, -0.05) is 12.1 Å². The number of benzene rings is 1. The van der Waals surface area contributed by atoms with Gasteiger partial charge in [-0.3, -0.25) is 19.7 Å². The molecule has 0 aliphatic heterocycles. The van der Waals surface area contributed by atoms with E-state index in [4.69, 9.17) is 0 Å². The Kier molecular flexibility index (Phi) is 4.24. The molecule has 0 bridgehead atoms. The van der Waals surface area contributed by atoms with Crippen molar-refractivity contribution in [3.05, 3.63) is 46.0 Å². The molecule has 6 nitrogen and oxygen atoms in total. The Balaban J connectivity index is 1.96. The number of hydrogen-bond acceptors (Lipinski definition) is 4. The Morgan fingerprint density at radius 3 is 2.70 bits per heavy atom. The largest absolute Gasteiger partial charge is 0.353 e. The number of ketones is 1. The van der Waals surface area contributed by atoms with Crippen LogP contribution in [0.15, 0.2) is 30.3 Å². The molecule has 1 saturated carbocycles. The summed E-state index contributed by atoms with van der Waals surface area (Å²) in [6.07, 6.45) is 4.27. The number of carbonyl (C=O) groups excluding carboxylic acids is 2. The van der Waals surface area contributed by atoms with Crippen molar-refractivity contribution in [1.29, 1.82) is 0 Å². The predicted molar refractivity (Wildman–Crippen MR) is 72.9 cm³/mol. The summed E-state index contributed by atoms with van der Waals surface area (Å²) in [7, 11) is 0. The van der Waals surface area contributed by atoms with Crippen LogP contribution in [0.1, 0.15) is 24.8 Å². The highest BCUT2D eigenvalue weighted by atomic mass is 16.6. The first kappa shape index (κ1) is 13.9. The summed E-state index contributed by atoms with van der Waals surface area (Å²) in [4.78, 5) is 33.3. The van der Waals surface area contributed by atoms with E-state index in [2.05, 4.69) is 5.32 Å². The molecule has 0 radical (unpaired) electrons. The summed E-state index contributed by atoms with van der Waals surface area (Å²) < 4.78 is 0. The third-order valence-electron chi connectivity index (χ3n) is 2.86. The predicted octanol–water partition coefficient (Wildman–Crippen LogP) is 1.85. The normalized spacial score (nSPS) is 14.2. The molecular formula is C14H14N2O4. The fraction of sp³-hybridized carbons (Fsp3) is 0.286. The van der Waals surface area contributed by atoms with Crippen LogP contribution in [0.4, 0.5) is 5.69 Å². The summed E-state index contributed by atoms with van der Waals surface area (Å²) in [5.41, 5.74) is 0.271. The Bertz CT molecular complexity index is 576. The van der Waals surface area contributed by atoms with Gasteiger partial charge in [0.2, 0.25) is 5.91 Å². The van der Waals surface area contributed by atoms with Crippen molar-refractivity contribution in [2.75, 3.05) is 0 Å². The molecule has 1 N–H and O–H groups in total. The summed E-state index contributed by atoms with van der Waals surface area (Å²) >= 11 is 0. The lowest BCUT2D eigenvalue weighted by atomic mass is 10.1. The minimum Gasteiger partial charge on any atom is -0.353 e. The third-order valence-corrected chi connectivity index (χ3v) is 2.86. The number of allylic oxidation sites excluding steroid dienone is 1. The van der Waals surface area contributed by atoms with Crippen molar-refractivity contribution in [3.63, 3.8) is 0 Å². The molecule has 1 amide bonds. The zero-order valence-corrected chi connectivity index (χ0v) is 10.7. The summed E-state index contributed by atoms with van der Waals surface area (Å²) in [5, 5.41) is 13.5. The van der Waals surface area contributed by atoms with Crippen LogP contribution < -0.4 is 5.32 Å². The quantitative estimate of drug-likeness (QED) is 0.371. The second kappa shape index (κ2) is 6.10. The Hall–Kier alpha value is -2.50. The fourth-order valence-electron chi connectivity index (χ4n) is 1.70. The van der Waals surface area contributed by atoms with Crippen LogP contribution in [0.25, 0.3) is 6.08 Å². The minimum absolute atomic E-state index is 0.0704. The van der Waals surface area contributed by atoms with Crippen molar-refractivity contribution in [3.8, 4) is 0 Å². The molecule has 20 heavy (non-hydrogen) atoms. The van der Waals surface area contributed by atoms with Crippen molar-refractivity contribution in [2.45, 2.75) is 25.3 Å². The monoisotopic (exact) mass is 274 g/mol. The molecule has 1 aromatic carbocycles. The molecule has 0 spiro atoms. The molecule has 1 aromatic rings. The number of nitro benzene ring substituents is 1. The van der Waals surface area contributed by atoms with E-state index < -0.39 is 4.92 Å². The van der Waals surface area contributed by atoms with Gasteiger partial charge in [0.1, 0.15) is 0 Å². The molecule has 0 saturated heterocycles. The molecule has 1 fully saturated rings. The Morgan fingerprint density at radius 1 is 1.35 bits per heavy atom. The van der Waals surface area contributed by atoms with Crippen LogP contribution in [0, 0.1) is 10.1 Å². The molecule has 0 unspecified atom stereocenters. The second-order valence-corrected chi connectivity index (χ2v) is 4.63. The summed E-state index contributed by atoms with van der Waals surface area (Å²) in [6.45, 7) is 0. The second-order valence-electron chi connectivity index (χ2n) is 4.63. The maximum Gasteiger partial charge on any atom is 0.276 e. The van der Waals surface area contributed by atoms with Gasteiger partial charge in [-0.2, -0.15) is 0 Å². The topological polar surface area (TPSA) is 89.3 Å². The van der Waals surface area contributed by atoms with E-state index in [1.165, 1.54) is 18.2 Å². The number of para-hydroxylation sites is 1. The molecule has 2 rings (SSSR count). The van der Waals surface area contributed by atoms with E-state index in [0.717, 1.165) is 12.8 Å². The number of amides is 1. The summed E-state index contributed by atoms with van der Waals surface area (Å²) in [6, 6.07) is 6.34. The Morgan fingerprint density at radius 2 is 2.05 bits per heavy atom. The average Bonchev–Trinajstić information content (AvgIpc) is 3.20. The van der Waals surface area contributed by atoms with E-state index in [1.807, 2.05) is 0 Å². The first-order valence-corrected chi connectivity index (χ1v) is 6.30. The smallest absolute Gasteiger partial charge is 0.276 e. The third kappa shape index (κ3) is 4.01. The average molecular weight is 274 g/mol. The van der Waals surface area contributed by atoms with Crippen LogP contribution >= 0.6 is 0 Å². The number of nitro groups is 1. The van der Waals surface area contributed by atoms with E-state index in [1.54, 1.807) is 18.2 Å². The van der Waals surface area contributed by atoms with Gasteiger partial charge in [0.25, 0.3) is 5.69 Å². The zero-order valence-electron chi connectivity index (χ0n) is 10.7. The molecular weight excluding hydrogens is 260 g/mol. The van der Waals surface area contributed by atoms with Crippen LogP contribution in [0.3, 0.4) is 0 Å². The lowest BCUT2D eigenvalue weighted by Crippen LogP contribution is -2.26. The van der Waals surface area contributed by atoms with Gasteiger partial charge in [-0.25, -0.2) is 0 Å². The first-order valence-electron chi connectivity index (χ1n) is 6.30. The van der Waals surface area contributed by atoms with E-state index in [9.17, 15) is 19.7 Å². The van der Waals surface area contributed by atoms with Gasteiger partial charge in [-0.05, 0) is 31.1 Å². The van der Waals surface area contributed by atoms with Crippen molar-refractivity contribution in [1.82, 2.24) is 5.32 Å². The standard InChI is InChI=1S/C14H14N2O4/c17-12(9-14(18)15-11-6-7-11)8-5-10-3-1-2-4-13(10)16(19)20/h1-5,8,11H,6-7,9H2,(H,15,18). The highest BCUT2D eigenvalue weighted by Crippen LogP contribution is 2.20. The molecule has 104 valence electrons. The van der Waals surface area contributed by atoms with Gasteiger partial charge in [-0.15, -0.1) is 0 Å².